The molecular formula is C5H16Br2N2. The zero-order chi connectivity index (χ0) is 5.54. The van der Waals surface area contributed by atoms with Crippen LogP contribution in [-0.4, -0.2) is 26.7 Å². The van der Waals surface area contributed by atoms with E-state index >= 15 is 0 Å². The number of nitrogens with one attached hydrogen (secondary N) is 2. The third-order valence-electron chi connectivity index (χ3n) is 0.802. The van der Waals surface area contributed by atoms with Crippen molar-refractivity contribution in [2.75, 3.05) is 26.7 Å². The normalized spacial score (nSPS) is 7.33. The number of rotatable bonds is 4. The fraction of sp³-hybridized carbons (Fsp3) is 1.00. The van der Waals surface area contributed by atoms with E-state index in [4.69, 9.17) is 0 Å². The van der Waals surface area contributed by atoms with E-state index in [0.717, 1.165) is 19.6 Å². The van der Waals surface area contributed by atoms with E-state index in [9.17, 15) is 0 Å². The van der Waals surface area contributed by atoms with Crippen molar-refractivity contribution in [1.82, 2.24) is 10.6 Å². The molecule has 4 heteroatoms. The lowest BCUT2D eigenvalue weighted by Gasteiger charge is -1.96. The summed E-state index contributed by atoms with van der Waals surface area (Å²) in [6.45, 7) is 5.32. The van der Waals surface area contributed by atoms with Crippen molar-refractivity contribution in [2.45, 2.75) is 6.92 Å². The second-order valence-corrected chi connectivity index (χ2v) is 1.46. The van der Waals surface area contributed by atoms with E-state index in [1.54, 1.807) is 0 Å². The fourth-order valence-electron chi connectivity index (χ4n) is 0.390. The maximum atomic E-state index is 3.19. The van der Waals surface area contributed by atoms with Gasteiger partial charge >= 0.3 is 0 Å². The number of halogens is 2. The Morgan fingerprint density at radius 1 is 1.11 bits per heavy atom. The summed E-state index contributed by atoms with van der Waals surface area (Å²) in [4.78, 5) is 0. The Bertz CT molecular complexity index is 32.1. The SMILES string of the molecule is Br.Br.CCNCCNC. The summed E-state index contributed by atoms with van der Waals surface area (Å²) < 4.78 is 0. The molecule has 2 nitrogen and oxygen atoms in total. The highest BCUT2D eigenvalue weighted by Crippen LogP contribution is 1.52. The lowest BCUT2D eigenvalue weighted by Crippen LogP contribution is -2.24. The van der Waals surface area contributed by atoms with Gasteiger partial charge in [-0.05, 0) is 13.6 Å². The van der Waals surface area contributed by atoms with Crippen molar-refractivity contribution in [3.8, 4) is 0 Å². The van der Waals surface area contributed by atoms with Crippen LogP contribution in [-0.2, 0) is 0 Å². The lowest BCUT2D eigenvalue weighted by atomic mass is 10.6. The minimum absolute atomic E-state index is 0. The molecule has 0 atom stereocenters. The molecule has 0 saturated heterocycles. The highest BCUT2D eigenvalue weighted by Gasteiger charge is 1.75. The van der Waals surface area contributed by atoms with Gasteiger partial charge in [-0.2, -0.15) is 0 Å². The molecule has 0 rings (SSSR count). The first-order valence-electron chi connectivity index (χ1n) is 2.77. The molecule has 0 radical (unpaired) electrons. The van der Waals surface area contributed by atoms with Crippen molar-refractivity contribution in [1.29, 1.82) is 0 Å². The monoisotopic (exact) mass is 262 g/mol. The van der Waals surface area contributed by atoms with Gasteiger partial charge in [-0.1, -0.05) is 6.92 Å². The summed E-state index contributed by atoms with van der Waals surface area (Å²) in [5, 5.41) is 6.23. The number of likely N-dealkylation sites (N-methyl/N-ethyl adjacent to an activating group) is 2. The molecule has 0 amide bonds. The summed E-state index contributed by atoms with van der Waals surface area (Å²) in [6, 6.07) is 0. The number of hydrogen-bond donors (Lipinski definition) is 2. The molecule has 60 valence electrons. The van der Waals surface area contributed by atoms with Gasteiger partial charge in [0.05, 0.1) is 0 Å². The first kappa shape index (κ1) is 16.5. The molecule has 0 unspecified atom stereocenters. The van der Waals surface area contributed by atoms with Gasteiger partial charge in [0.1, 0.15) is 0 Å². The number of hydrogen-bond acceptors (Lipinski definition) is 2. The van der Waals surface area contributed by atoms with Crippen LogP contribution in [0.15, 0.2) is 0 Å². The molecular weight excluding hydrogens is 248 g/mol. The van der Waals surface area contributed by atoms with Gasteiger partial charge in [-0.3, -0.25) is 0 Å². The molecule has 0 aliphatic carbocycles. The van der Waals surface area contributed by atoms with Crippen LogP contribution >= 0.6 is 34.0 Å². The van der Waals surface area contributed by atoms with Gasteiger partial charge in [0, 0.05) is 13.1 Å². The summed E-state index contributed by atoms with van der Waals surface area (Å²) in [5.41, 5.74) is 0. The van der Waals surface area contributed by atoms with Crippen LogP contribution in [0.25, 0.3) is 0 Å². The minimum Gasteiger partial charge on any atom is -0.318 e. The average molecular weight is 264 g/mol. The highest BCUT2D eigenvalue weighted by atomic mass is 79.9. The zero-order valence-electron chi connectivity index (χ0n) is 5.94. The predicted octanol–water partition coefficient (Wildman–Crippen LogP) is 0.971. The quantitative estimate of drug-likeness (QED) is 0.739. The molecule has 9 heavy (non-hydrogen) atoms. The van der Waals surface area contributed by atoms with Crippen LogP contribution in [0.4, 0.5) is 0 Å². The first-order valence-corrected chi connectivity index (χ1v) is 2.77. The molecule has 0 aromatic carbocycles. The largest absolute Gasteiger partial charge is 0.318 e. The van der Waals surface area contributed by atoms with Crippen LogP contribution in [0.1, 0.15) is 6.92 Å². The summed E-state index contributed by atoms with van der Waals surface area (Å²) in [5.74, 6) is 0. The second-order valence-electron chi connectivity index (χ2n) is 1.46. The van der Waals surface area contributed by atoms with Gasteiger partial charge in [0.2, 0.25) is 0 Å². The van der Waals surface area contributed by atoms with Crippen molar-refractivity contribution in [2.24, 2.45) is 0 Å². The van der Waals surface area contributed by atoms with Crippen molar-refractivity contribution in [3.63, 3.8) is 0 Å². The van der Waals surface area contributed by atoms with E-state index in [0.29, 0.717) is 0 Å². The predicted molar refractivity (Wildman–Crippen MR) is 53.1 cm³/mol. The Labute approximate surface area is 78.3 Å². The molecule has 0 fully saturated rings. The van der Waals surface area contributed by atoms with E-state index in [1.165, 1.54) is 0 Å². The Balaban J connectivity index is -0.000000180. The Kier molecular flexibility index (Phi) is 29.2. The molecule has 0 bridgehead atoms. The fourth-order valence-corrected chi connectivity index (χ4v) is 0.390. The Morgan fingerprint density at radius 2 is 1.67 bits per heavy atom. The summed E-state index contributed by atoms with van der Waals surface area (Å²) >= 11 is 0. The average Bonchev–Trinajstić information content (AvgIpc) is 1.69. The first-order chi connectivity index (χ1) is 3.41. The Morgan fingerprint density at radius 3 is 2.00 bits per heavy atom. The second kappa shape index (κ2) is 15.9. The van der Waals surface area contributed by atoms with Gasteiger partial charge < -0.3 is 10.6 Å². The molecule has 0 aliphatic rings. The van der Waals surface area contributed by atoms with Crippen LogP contribution < -0.4 is 10.6 Å². The van der Waals surface area contributed by atoms with E-state index < -0.39 is 0 Å². The molecule has 0 spiro atoms. The lowest BCUT2D eigenvalue weighted by molar-refractivity contribution is 0.672. The highest BCUT2D eigenvalue weighted by molar-refractivity contribution is 8.93. The van der Waals surface area contributed by atoms with E-state index in [1.807, 2.05) is 7.05 Å². The van der Waals surface area contributed by atoms with Crippen LogP contribution in [0.3, 0.4) is 0 Å². The molecule has 0 aliphatic heterocycles. The van der Waals surface area contributed by atoms with Gasteiger partial charge in [0.25, 0.3) is 0 Å². The van der Waals surface area contributed by atoms with Crippen LogP contribution in [0.2, 0.25) is 0 Å². The van der Waals surface area contributed by atoms with E-state index in [-0.39, 0.29) is 34.0 Å². The zero-order valence-corrected chi connectivity index (χ0v) is 9.36. The molecule has 0 heterocycles. The van der Waals surface area contributed by atoms with Crippen molar-refractivity contribution >= 4 is 34.0 Å². The summed E-state index contributed by atoms with van der Waals surface area (Å²) in [6.07, 6.45) is 0. The van der Waals surface area contributed by atoms with E-state index in [2.05, 4.69) is 17.6 Å². The van der Waals surface area contributed by atoms with Crippen LogP contribution in [0, 0.1) is 0 Å². The minimum atomic E-state index is 0. The standard InChI is InChI=1S/C5H14N2.2BrH/c1-3-7-5-4-6-2;;/h6-7H,3-5H2,1-2H3;2*1H. The Hall–Kier alpha value is 0.880. The van der Waals surface area contributed by atoms with Crippen molar-refractivity contribution in [3.05, 3.63) is 0 Å². The van der Waals surface area contributed by atoms with Crippen LogP contribution in [0.5, 0.6) is 0 Å². The van der Waals surface area contributed by atoms with Gasteiger partial charge in [-0.15, -0.1) is 34.0 Å². The molecule has 0 aromatic rings. The van der Waals surface area contributed by atoms with Crippen molar-refractivity contribution < 1.29 is 0 Å². The van der Waals surface area contributed by atoms with Gasteiger partial charge in [0.15, 0.2) is 0 Å². The molecule has 0 aromatic heterocycles. The summed E-state index contributed by atoms with van der Waals surface area (Å²) in [7, 11) is 1.96. The molecule has 0 saturated carbocycles. The smallest absolute Gasteiger partial charge is 0.00764 e. The maximum Gasteiger partial charge on any atom is 0.00764 e. The topological polar surface area (TPSA) is 24.1 Å². The third kappa shape index (κ3) is 17.7. The maximum absolute atomic E-state index is 3.19. The third-order valence-corrected chi connectivity index (χ3v) is 0.802. The molecule has 2 N–H and O–H groups in total. The van der Waals surface area contributed by atoms with Gasteiger partial charge in [-0.25, -0.2) is 0 Å².